The minimum atomic E-state index is -0.433. The second-order valence-corrected chi connectivity index (χ2v) is 5.10. The Morgan fingerprint density at radius 3 is 2.68 bits per heavy atom. The zero-order chi connectivity index (χ0) is 14.4. The number of benzene rings is 1. The van der Waals surface area contributed by atoms with Crippen LogP contribution in [0.4, 0.5) is 5.69 Å². The highest BCUT2D eigenvalue weighted by molar-refractivity contribution is 9.10. The predicted octanol–water partition coefficient (Wildman–Crippen LogP) is 1.93. The first-order valence-electron chi connectivity index (χ1n) is 5.75. The van der Waals surface area contributed by atoms with Gasteiger partial charge in [0.2, 0.25) is 5.91 Å². The number of nitrogens with zero attached hydrogens (tertiary/aromatic N) is 2. The number of carbonyl (C=O) groups is 1. The van der Waals surface area contributed by atoms with Crippen molar-refractivity contribution in [2.75, 3.05) is 20.6 Å². The molecule has 1 rings (SSSR count). The van der Waals surface area contributed by atoms with E-state index in [1.807, 2.05) is 0 Å². The first-order chi connectivity index (χ1) is 8.91. The van der Waals surface area contributed by atoms with Gasteiger partial charge in [0.05, 0.1) is 4.92 Å². The highest BCUT2D eigenvalue weighted by Crippen LogP contribution is 2.22. The summed E-state index contributed by atoms with van der Waals surface area (Å²) in [4.78, 5) is 23.0. The third-order valence-corrected chi connectivity index (χ3v) is 3.32. The van der Waals surface area contributed by atoms with Gasteiger partial charge in [-0.1, -0.05) is 15.9 Å². The van der Waals surface area contributed by atoms with Gasteiger partial charge >= 0.3 is 0 Å². The van der Waals surface area contributed by atoms with Crippen molar-refractivity contribution in [1.82, 2.24) is 10.2 Å². The molecule has 1 amide bonds. The van der Waals surface area contributed by atoms with Crippen molar-refractivity contribution >= 4 is 27.5 Å². The van der Waals surface area contributed by atoms with Crippen LogP contribution in [0.2, 0.25) is 0 Å². The quantitative estimate of drug-likeness (QED) is 0.491. The smallest absolute Gasteiger partial charge is 0.270 e. The molecule has 0 aliphatic heterocycles. The number of hydrogen-bond donors (Lipinski definition) is 1. The van der Waals surface area contributed by atoms with E-state index < -0.39 is 4.92 Å². The van der Waals surface area contributed by atoms with E-state index in [0.29, 0.717) is 24.0 Å². The van der Waals surface area contributed by atoms with Crippen LogP contribution in [0, 0.1) is 10.1 Å². The van der Waals surface area contributed by atoms with Gasteiger partial charge in [0.1, 0.15) is 0 Å². The van der Waals surface area contributed by atoms with Gasteiger partial charge in [-0.15, -0.1) is 0 Å². The second-order valence-electron chi connectivity index (χ2n) is 4.25. The Balaban J connectivity index is 2.46. The summed E-state index contributed by atoms with van der Waals surface area (Å²) in [7, 11) is 3.44. The third-order valence-electron chi connectivity index (χ3n) is 2.58. The van der Waals surface area contributed by atoms with Gasteiger partial charge in [0.25, 0.3) is 5.69 Å². The van der Waals surface area contributed by atoms with Gasteiger partial charge in [0, 0.05) is 50.2 Å². The van der Waals surface area contributed by atoms with E-state index >= 15 is 0 Å². The molecule has 0 heterocycles. The zero-order valence-corrected chi connectivity index (χ0v) is 12.4. The van der Waals surface area contributed by atoms with Crippen LogP contribution in [0.3, 0.4) is 0 Å². The van der Waals surface area contributed by atoms with Crippen molar-refractivity contribution in [3.8, 4) is 0 Å². The summed E-state index contributed by atoms with van der Waals surface area (Å²) < 4.78 is 0.688. The standard InChI is InChI=1S/C12H16BrN3O3/c1-15(2)12(17)5-6-14-8-9-3-4-10(16(18)19)7-11(9)13/h3-4,7,14H,5-6,8H2,1-2H3. The molecule has 0 fully saturated rings. The molecule has 0 bridgehead atoms. The lowest BCUT2D eigenvalue weighted by Crippen LogP contribution is -2.26. The van der Waals surface area contributed by atoms with Crippen LogP contribution in [0.5, 0.6) is 0 Å². The summed E-state index contributed by atoms with van der Waals surface area (Å²) in [6, 6.07) is 4.64. The molecule has 0 saturated carbocycles. The van der Waals surface area contributed by atoms with E-state index in [0.717, 1.165) is 5.56 Å². The Morgan fingerprint density at radius 2 is 2.16 bits per heavy atom. The number of nitrogens with one attached hydrogen (secondary N) is 1. The molecule has 0 saturated heterocycles. The monoisotopic (exact) mass is 329 g/mol. The first-order valence-corrected chi connectivity index (χ1v) is 6.55. The summed E-state index contributed by atoms with van der Waals surface area (Å²) in [6.45, 7) is 1.12. The molecule has 1 aromatic rings. The molecule has 0 atom stereocenters. The summed E-state index contributed by atoms with van der Waals surface area (Å²) >= 11 is 3.30. The molecule has 1 N–H and O–H groups in total. The average Bonchev–Trinajstić information content (AvgIpc) is 2.35. The first kappa shape index (κ1) is 15.6. The van der Waals surface area contributed by atoms with Gasteiger partial charge < -0.3 is 10.2 Å². The second kappa shape index (κ2) is 7.20. The summed E-state index contributed by atoms with van der Waals surface area (Å²) in [5.74, 6) is 0.0651. The number of rotatable bonds is 6. The minimum Gasteiger partial charge on any atom is -0.349 e. The normalized spacial score (nSPS) is 10.3. The molecular formula is C12H16BrN3O3. The van der Waals surface area contributed by atoms with Gasteiger partial charge in [-0.25, -0.2) is 0 Å². The van der Waals surface area contributed by atoms with Gasteiger partial charge in [-0.05, 0) is 11.6 Å². The maximum absolute atomic E-state index is 11.3. The predicted molar refractivity (Wildman–Crippen MR) is 75.8 cm³/mol. The number of hydrogen-bond acceptors (Lipinski definition) is 4. The van der Waals surface area contributed by atoms with E-state index in [4.69, 9.17) is 0 Å². The number of halogens is 1. The van der Waals surface area contributed by atoms with Crippen LogP contribution < -0.4 is 5.32 Å². The Labute approximate surface area is 120 Å². The molecule has 104 valence electrons. The van der Waals surface area contributed by atoms with Crippen LogP contribution in [0.15, 0.2) is 22.7 Å². The Bertz CT molecular complexity index is 477. The topological polar surface area (TPSA) is 75.5 Å². The lowest BCUT2D eigenvalue weighted by molar-refractivity contribution is -0.384. The van der Waals surface area contributed by atoms with Crippen LogP contribution in [-0.4, -0.2) is 36.4 Å². The fraction of sp³-hybridized carbons (Fsp3) is 0.417. The van der Waals surface area contributed by atoms with Crippen LogP contribution >= 0.6 is 15.9 Å². The Morgan fingerprint density at radius 1 is 1.47 bits per heavy atom. The molecule has 19 heavy (non-hydrogen) atoms. The molecule has 0 unspecified atom stereocenters. The SMILES string of the molecule is CN(C)C(=O)CCNCc1ccc([N+](=O)[O-])cc1Br. The van der Waals surface area contributed by atoms with E-state index in [2.05, 4.69) is 21.2 Å². The van der Waals surface area contributed by atoms with Crippen molar-refractivity contribution in [3.05, 3.63) is 38.3 Å². The van der Waals surface area contributed by atoms with E-state index in [1.165, 1.54) is 12.1 Å². The fourth-order valence-electron chi connectivity index (χ4n) is 1.44. The van der Waals surface area contributed by atoms with Gasteiger partial charge in [-0.3, -0.25) is 14.9 Å². The molecule has 0 radical (unpaired) electrons. The van der Waals surface area contributed by atoms with E-state index in [1.54, 1.807) is 25.1 Å². The molecule has 1 aromatic carbocycles. The molecule has 0 spiro atoms. The number of nitro groups is 1. The van der Waals surface area contributed by atoms with Crippen molar-refractivity contribution in [2.24, 2.45) is 0 Å². The number of nitro benzene ring substituents is 1. The van der Waals surface area contributed by atoms with E-state index in [-0.39, 0.29) is 11.6 Å². The van der Waals surface area contributed by atoms with Crippen LogP contribution in [0.25, 0.3) is 0 Å². The average molecular weight is 330 g/mol. The van der Waals surface area contributed by atoms with Crippen LogP contribution in [0.1, 0.15) is 12.0 Å². The molecule has 0 aromatic heterocycles. The van der Waals surface area contributed by atoms with Gasteiger partial charge in [-0.2, -0.15) is 0 Å². The maximum atomic E-state index is 11.3. The van der Waals surface area contributed by atoms with Crippen molar-refractivity contribution in [3.63, 3.8) is 0 Å². The molecule has 0 aliphatic carbocycles. The largest absolute Gasteiger partial charge is 0.349 e. The highest BCUT2D eigenvalue weighted by Gasteiger charge is 2.09. The van der Waals surface area contributed by atoms with E-state index in [9.17, 15) is 14.9 Å². The summed E-state index contributed by atoms with van der Waals surface area (Å²) in [5, 5.41) is 13.7. The molecule has 7 heteroatoms. The highest BCUT2D eigenvalue weighted by atomic mass is 79.9. The number of carbonyl (C=O) groups excluding carboxylic acids is 1. The third kappa shape index (κ3) is 4.96. The zero-order valence-electron chi connectivity index (χ0n) is 10.9. The molecule has 0 aliphatic rings. The minimum absolute atomic E-state index is 0.0541. The maximum Gasteiger partial charge on any atom is 0.270 e. The Hall–Kier alpha value is -1.47. The van der Waals surface area contributed by atoms with Crippen molar-refractivity contribution in [1.29, 1.82) is 0 Å². The lowest BCUT2D eigenvalue weighted by atomic mass is 10.2. The fourth-order valence-corrected chi connectivity index (χ4v) is 1.94. The lowest BCUT2D eigenvalue weighted by Gasteiger charge is -2.11. The number of non-ortho nitro benzene ring substituents is 1. The Kier molecular flexibility index (Phi) is 5.91. The summed E-state index contributed by atoms with van der Waals surface area (Å²) in [5.41, 5.74) is 0.973. The number of amides is 1. The van der Waals surface area contributed by atoms with Crippen LogP contribution in [-0.2, 0) is 11.3 Å². The molecule has 6 nitrogen and oxygen atoms in total. The summed E-state index contributed by atoms with van der Waals surface area (Å²) in [6.07, 6.45) is 0.428. The van der Waals surface area contributed by atoms with Crippen molar-refractivity contribution < 1.29 is 9.72 Å². The van der Waals surface area contributed by atoms with Gasteiger partial charge in [0.15, 0.2) is 0 Å². The van der Waals surface area contributed by atoms with Crippen molar-refractivity contribution in [2.45, 2.75) is 13.0 Å². The molecular weight excluding hydrogens is 314 g/mol.